The molecule has 3 nitrogen and oxygen atoms in total. The van der Waals surface area contributed by atoms with Gasteiger partial charge < -0.3 is 4.34 Å². The number of rotatable bonds is 6. The van der Waals surface area contributed by atoms with Crippen LogP contribution >= 0.6 is 0 Å². The van der Waals surface area contributed by atoms with E-state index in [9.17, 15) is 4.79 Å². The van der Waals surface area contributed by atoms with Crippen molar-refractivity contribution >= 4 is 28.0 Å². The van der Waals surface area contributed by atoms with Crippen molar-refractivity contribution in [2.24, 2.45) is 5.10 Å². The topological polar surface area (TPSA) is 32.7 Å². The largest absolute Gasteiger partial charge is 0.349 e. The minimum atomic E-state index is -1.71. The number of nitrogens with zero attached hydrogens (tertiary/aromatic N) is 2. The minimum Gasteiger partial charge on any atom is -0.349 e. The monoisotopic (exact) mass is 368 g/mol. The van der Waals surface area contributed by atoms with Gasteiger partial charge in [-0.3, -0.25) is 4.79 Å². The molecule has 0 fully saturated rings. The summed E-state index contributed by atoms with van der Waals surface area (Å²) in [5.74, 6) is -0.0201. The van der Waals surface area contributed by atoms with Crippen LogP contribution in [0.2, 0.25) is 39.3 Å². The van der Waals surface area contributed by atoms with Crippen LogP contribution in [-0.4, -0.2) is 32.3 Å². The Hall–Kier alpha value is -1.99. The summed E-state index contributed by atoms with van der Waals surface area (Å²) in [5.41, 5.74) is 2.09. The standard InChI is InChI=1S/C20H28N2OSi2/c1-24(2,3)22(25(4,5)6)21-19(17-13-9-7-10-14-17)20(23)18-15-11-8-12-16-18/h7-16H,1-6H3/b21-19+. The third-order valence-corrected chi connectivity index (χ3v) is 10.5. The molecular weight excluding hydrogens is 340 g/mol. The van der Waals surface area contributed by atoms with Crippen LogP contribution in [-0.2, 0) is 0 Å². The zero-order valence-corrected chi connectivity index (χ0v) is 18.1. The van der Waals surface area contributed by atoms with Gasteiger partial charge in [-0.1, -0.05) is 99.9 Å². The zero-order valence-electron chi connectivity index (χ0n) is 16.1. The van der Waals surface area contributed by atoms with Crippen molar-refractivity contribution in [3.63, 3.8) is 0 Å². The summed E-state index contributed by atoms with van der Waals surface area (Å²) in [4.78, 5) is 13.2. The first kappa shape index (κ1) is 19.3. The third-order valence-electron chi connectivity index (χ3n) is 3.77. The number of hydrogen-bond donors (Lipinski definition) is 0. The van der Waals surface area contributed by atoms with E-state index in [1.807, 2.05) is 60.7 Å². The number of benzene rings is 2. The highest BCUT2D eigenvalue weighted by Crippen LogP contribution is 2.22. The lowest BCUT2D eigenvalue weighted by atomic mass is 10.0. The summed E-state index contributed by atoms with van der Waals surface area (Å²) < 4.78 is 2.29. The van der Waals surface area contributed by atoms with Crippen LogP contribution in [0.4, 0.5) is 0 Å². The van der Waals surface area contributed by atoms with Crippen molar-refractivity contribution in [2.75, 3.05) is 0 Å². The molecule has 0 atom stereocenters. The molecule has 0 spiro atoms. The van der Waals surface area contributed by atoms with E-state index in [4.69, 9.17) is 5.10 Å². The van der Waals surface area contributed by atoms with Crippen LogP contribution in [0, 0.1) is 0 Å². The van der Waals surface area contributed by atoms with Gasteiger partial charge in [0.2, 0.25) is 5.78 Å². The number of carbonyl (C=O) groups is 1. The second kappa shape index (κ2) is 7.49. The molecule has 0 aliphatic rings. The molecule has 0 aliphatic carbocycles. The fourth-order valence-corrected chi connectivity index (χ4v) is 11.8. The molecule has 0 bridgehead atoms. The smallest absolute Gasteiger partial charge is 0.213 e. The second-order valence-electron chi connectivity index (χ2n) is 8.16. The normalized spacial score (nSPS) is 12.8. The Labute approximate surface area is 153 Å². The first-order valence-electron chi connectivity index (χ1n) is 8.65. The maximum Gasteiger partial charge on any atom is 0.213 e. The lowest BCUT2D eigenvalue weighted by Crippen LogP contribution is -2.56. The second-order valence-corrected chi connectivity index (χ2v) is 18.1. The Kier molecular flexibility index (Phi) is 5.80. The van der Waals surface area contributed by atoms with E-state index < -0.39 is 16.5 Å². The van der Waals surface area contributed by atoms with Gasteiger partial charge in [0.25, 0.3) is 0 Å². The predicted molar refractivity (Wildman–Crippen MR) is 112 cm³/mol. The lowest BCUT2D eigenvalue weighted by molar-refractivity contribution is 0.106. The molecule has 2 rings (SSSR count). The highest BCUT2D eigenvalue weighted by molar-refractivity contribution is 6.89. The molecule has 2 aromatic carbocycles. The Balaban J connectivity index is 2.61. The van der Waals surface area contributed by atoms with Crippen LogP contribution in [0.3, 0.4) is 0 Å². The fraction of sp³-hybridized carbons (Fsp3) is 0.300. The molecule has 0 saturated heterocycles. The molecule has 0 unspecified atom stereocenters. The van der Waals surface area contributed by atoms with Crippen LogP contribution in [0.5, 0.6) is 0 Å². The Morgan fingerprint density at radius 2 is 1.12 bits per heavy atom. The quantitative estimate of drug-likeness (QED) is 0.302. The minimum absolute atomic E-state index is 0.0201. The average molecular weight is 369 g/mol. The highest BCUT2D eigenvalue weighted by atomic mass is 28.4. The van der Waals surface area contributed by atoms with E-state index in [0.717, 1.165) is 5.56 Å². The molecule has 2 aromatic rings. The first-order chi connectivity index (χ1) is 11.6. The molecule has 0 aromatic heterocycles. The van der Waals surface area contributed by atoms with Gasteiger partial charge in [0.05, 0.1) is 0 Å². The van der Waals surface area contributed by atoms with Gasteiger partial charge in [0.1, 0.15) is 5.71 Å². The Morgan fingerprint density at radius 3 is 1.52 bits per heavy atom. The van der Waals surface area contributed by atoms with Crippen molar-refractivity contribution in [1.82, 2.24) is 4.34 Å². The van der Waals surface area contributed by atoms with Crippen LogP contribution in [0.1, 0.15) is 15.9 Å². The highest BCUT2D eigenvalue weighted by Gasteiger charge is 2.35. The first-order valence-corrected chi connectivity index (χ1v) is 15.5. The molecule has 0 radical (unpaired) electrons. The maximum atomic E-state index is 13.2. The van der Waals surface area contributed by atoms with Crippen LogP contribution in [0.15, 0.2) is 65.8 Å². The van der Waals surface area contributed by atoms with Crippen molar-refractivity contribution in [1.29, 1.82) is 0 Å². The van der Waals surface area contributed by atoms with Gasteiger partial charge in [-0.2, -0.15) is 5.10 Å². The summed E-state index contributed by atoms with van der Waals surface area (Å²) >= 11 is 0. The zero-order chi connectivity index (χ0) is 18.7. The number of hydrogen-bond acceptors (Lipinski definition) is 3. The molecule has 0 aliphatic heterocycles. The number of hydrazone groups is 1. The van der Waals surface area contributed by atoms with Gasteiger partial charge in [-0.15, -0.1) is 0 Å². The van der Waals surface area contributed by atoms with Crippen LogP contribution in [0.25, 0.3) is 0 Å². The Morgan fingerprint density at radius 1 is 0.720 bits per heavy atom. The summed E-state index contributed by atoms with van der Waals surface area (Å²) in [6, 6.07) is 19.2. The van der Waals surface area contributed by atoms with E-state index in [2.05, 4.69) is 43.6 Å². The van der Waals surface area contributed by atoms with E-state index in [1.165, 1.54) is 0 Å². The van der Waals surface area contributed by atoms with E-state index >= 15 is 0 Å². The summed E-state index contributed by atoms with van der Waals surface area (Å²) in [5, 5.41) is 4.99. The van der Waals surface area contributed by atoms with Crippen molar-refractivity contribution in [2.45, 2.75) is 39.3 Å². The van der Waals surface area contributed by atoms with Crippen molar-refractivity contribution in [3.8, 4) is 0 Å². The molecule has 132 valence electrons. The van der Waals surface area contributed by atoms with Crippen molar-refractivity contribution < 1.29 is 4.79 Å². The summed E-state index contributed by atoms with van der Waals surface area (Å²) in [6.45, 7) is 13.7. The third kappa shape index (κ3) is 5.00. The number of carbonyl (C=O) groups excluding carboxylic acids is 1. The average Bonchev–Trinajstić information content (AvgIpc) is 2.54. The summed E-state index contributed by atoms with van der Waals surface area (Å²) in [6.07, 6.45) is 0. The maximum absolute atomic E-state index is 13.2. The SMILES string of the molecule is C[Si](C)(C)N(/N=C(/C(=O)c1ccccc1)c1ccccc1)[Si](C)(C)C. The molecule has 5 heteroatoms. The molecule has 0 heterocycles. The van der Waals surface area contributed by atoms with Gasteiger partial charge in [-0.05, 0) is 0 Å². The molecule has 0 amide bonds. The van der Waals surface area contributed by atoms with Gasteiger partial charge in [0.15, 0.2) is 16.5 Å². The van der Waals surface area contributed by atoms with E-state index in [0.29, 0.717) is 11.3 Å². The predicted octanol–water partition coefficient (Wildman–Crippen LogP) is 5.25. The van der Waals surface area contributed by atoms with Gasteiger partial charge in [-0.25, -0.2) is 0 Å². The molecule has 25 heavy (non-hydrogen) atoms. The van der Waals surface area contributed by atoms with E-state index in [-0.39, 0.29) is 5.78 Å². The van der Waals surface area contributed by atoms with Gasteiger partial charge in [0, 0.05) is 11.1 Å². The molecular formula is C20H28N2OSi2. The van der Waals surface area contributed by atoms with Gasteiger partial charge >= 0.3 is 0 Å². The molecule has 0 N–H and O–H groups in total. The summed E-state index contributed by atoms with van der Waals surface area (Å²) in [7, 11) is -3.42. The van der Waals surface area contributed by atoms with E-state index in [1.54, 1.807) is 0 Å². The number of ketones is 1. The Bertz CT molecular complexity index is 731. The number of Topliss-reactive ketones (excluding diaryl/α,β-unsaturated/α-hetero) is 1. The lowest BCUT2D eigenvalue weighted by Gasteiger charge is -2.41. The fourth-order valence-electron chi connectivity index (χ4n) is 2.96. The van der Waals surface area contributed by atoms with Crippen LogP contribution < -0.4 is 0 Å². The van der Waals surface area contributed by atoms with Crippen molar-refractivity contribution in [3.05, 3.63) is 71.8 Å². The molecule has 0 saturated carbocycles.